The minimum Gasteiger partial charge on any atom is -0.497 e. The molecule has 0 radical (unpaired) electrons. The van der Waals surface area contributed by atoms with Crippen LogP contribution in [0.25, 0.3) is 11.1 Å². The summed E-state index contributed by atoms with van der Waals surface area (Å²) in [5.41, 5.74) is 2.95. The molecule has 5 nitrogen and oxygen atoms in total. The summed E-state index contributed by atoms with van der Waals surface area (Å²) in [5, 5.41) is 3.04. The van der Waals surface area contributed by atoms with Gasteiger partial charge in [-0.15, -0.1) is 0 Å². The molecule has 1 aliphatic heterocycles. The predicted octanol–water partition coefficient (Wildman–Crippen LogP) is 3.46. The smallest absolute Gasteiger partial charge is 0.226 e. The summed E-state index contributed by atoms with van der Waals surface area (Å²) in [4.78, 5) is 13.0. The van der Waals surface area contributed by atoms with Gasteiger partial charge in [-0.2, -0.15) is 0 Å². The van der Waals surface area contributed by atoms with E-state index in [2.05, 4.69) is 35.6 Å². The van der Waals surface area contributed by atoms with Gasteiger partial charge in [0.05, 0.1) is 19.1 Å². The van der Waals surface area contributed by atoms with E-state index in [1.165, 1.54) is 0 Å². The molecule has 0 aromatic heterocycles. The highest BCUT2D eigenvalue weighted by atomic mass is 16.5. The van der Waals surface area contributed by atoms with Crippen molar-refractivity contribution >= 4 is 5.91 Å². The van der Waals surface area contributed by atoms with Gasteiger partial charge in [-0.1, -0.05) is 36.4 Å². The first-order valence-electron chi connectivity index (χ1n) is 9.75. The number of nitrogens with one attached hydrogen (secondary N) is 1. The number of carbonyl (C=O) groups is 1. The first-order valence-corrected chi connectivity index (χ1v) is 9.75. The van der Waals surface area contributed by atoms with Crippen molar-refractivity contribution in [1.82, 2.24) is 5.32 Å². The van der Waals surface area contributed by atoms with Gasteiger partial charge >= 0.3 is 0 Å². The van der Waals surface area contributed by atoms with E-state index < -0.39 is 5.41 Å². The molecule has 0 bridgehead atoms. The van der Waals surface area contributed by atoms with Gasteiger partial charge in [0.15, 0.2) is 0 Å². The lowest BCUT2D eigenvalue weighted by Crippen LogP contribution is -2.46. The SMILES string of the molecule is COCCNC(=O)C1(Cc2cccc(-c3cccc(OC)c3)c2)CCOCC1. The van der Waals surface area contributed by atoms with Crippen molar-refractivity contribution in [2.75, 3.05) is 40.6 Å². The van der Waals surface area contributed by atoms with Crippen molar-refractivity contribution in [3.8, 4) is 16.9 Å². The fourth-order valence-electron chi connectivity index (χ4n) is 3.75. The van der Waals surface area contributed by atoms with Crippen molar-refractivity contribution in [2.24, 2.45) is 5.41 Å². The van der Waals surface area contributed by atoms with Crippen LogP contribution in [-0.2, 0) is 20.7 Å². The van der Waals surface area contributed by atoms with Crippen LogP contribution in [-0.4, -0.2) is 46.5 Å². The lowest BCUT2D eigenvalue weighted by Gasteiger charge is -2.36. The van der Waals surface area contributed by atoms with Gasteiger partial charge in [-0.25, -0.2) is 0 Å². The zero-order chi connectivity index (χ0) is 19.8. The number of rotatable bonds is 8. The standard InChI is InChI=1S/C23H29NO4/c1-26-14-11-24-22(25)23(9-12-28-13-10-23)17-18-5-3-6-19(15-18)20-7-4-8-21(16-20)27-2/h3-8,15-16H,9-14,17H2,1-2H3,(H,24,25). The van der Waals surface area contributed by atoms with Gasteiger partial charge in [0.2, 0.25) is 5.91 Å². The van der Waals surface area contributed by atoms with Crippen LogP contribution in [0.1, 0.15) is 18.4 Å². The molecule has 1 amide bonds. The molecule has 5 heteroatoms. The van der Waals surface area contributed by atoms with Gasteiger partial charge in [0.25, 0.3) is 0 Å². The molecule has 3 rings (SSSR count). The Hall–Kier alpha value is -2.37. The van der Waals surface area contributed by atoms with Crippen molar-refractivity contribution in [1.29, 1.82) is 0 Å². The monoisotopic (exact) mass is 383 g/mol. The van der Waals surface area contributed by atoms with Crippen LogP contribution in [0.2, 0.25) is 0 Å². The summed E-state index contributed by atoms with van der Waals surface area (Å²) in [6.45, 7) is 2.28. The Kier molecular flexibility index (Phi) is 7.06. The first-order chi connectivity index (χ1) is 13.7. The van der Waals surface area contributed by atoms with E-state index in [0.717, 1.165) is 35.3 Å². The minimum absolute atomic E-state index is 0.0969. The molecule has 2 aromatic rings. The zero-order valence-corrected chi connectivity index (χ0v) is 16.7. The Labute approximate surface area is 167 Å². The third-order valence-corrected chi connectivity index (χ3v) is 5.40. The summed E-state index contributed by atoms with van der Waals surface area (Å²) in [5.74, 6) is 0.931. The molecule has 0 spiro atoms. The van der Waals surface area contributed by atoms with E-state index >= 15 is 0 Å². The van der Waals surface area contributed by atoms with Gasteiger partial charge in [-0.05, 0) is 48.1 Å². The average Bonchev–Trinajstić information content (AvgIpc) is 2.74. The van der Waals surface area contributed by atoms with Crippen molar-refractivity contribution in [3.05, 3.63) is 54.1 Å². The Bertz CT molecular complexity index is 784. The topological polar surface area (TPSA) is 56.8 Å². The molecule has 1 saturated heterocycles. The minimum atomic E-state index is -0.432. The Balaban J connectivity index is 1.82. The van der Waals surface area contributed by atoms with Crippen LogP contribution in [0.5, 0.6) is 5.75 Å². The molecule has 0 unspecified atom stereocenters. The van der Waals surface area contributed by atoms with Crippen molar-refractivity contribution in [3.63, 3.8) is 0 Å². The number of ether oxygens (including phenoxy) is 3. The number of benzene rings is 2. The van der Waals surface area contributed by atoms with E-state index in [1.54, 1.807) is 14.2 Å². The normalized spacial score (nSPS) is 15.8. The molecule has 0 aliphatic carbocycles. The molecule has 2 aromatic carbocycles. The average molecular weight is 383 g/mol. The second-order valence-electron chi connectivity index (χ2n) is 7.25. The van der Waals surface area contributed by atoms with Crippen LogP contribution in [0, 0.1) is 5.41 Å². The largest absolute Gasteiger partial charge is 0.497 e. The van der Waals surface area contributed by atoms with Crippen LogP contribution in [0.15, 0.2) is 48.5 Å². The molecular formula is C23H29NO4. The molecule has 28 heavy (non-hydrogen) atoms. The zero-order valence-electron chi connectivity index (χ0n) is 16.7. The van der Waals surface area contributed by atoms with E-state index in [4.69, 9.17) is 14.2 Å². The predicted molar refractivity (Wildman–Crippen MR) is 110 cm³/mol. The molecule has 1 N–H and O–H groups in total. The Morgan fingerprint density at radius 1 is 1.07 bits per heavy atom. The maximum atomic E-state index is 13.0. The summed E-state index contributed by atoms with van der Waals surface area (Å²) in [7, 11) is 3.31. The highest BCUT2D eigenvalue weighted by Crippen LogP contribution is 2.36. The third-order valence-electron chi connectivity index (χ3n) is 5.40. The van der Waals surface area contributed by atoms with E-state index in [-0.39, 0.29) is 5.91 Å². The van der Waals surface area contributed by atoms with E-state index in [0.29, 0.717) is 32.8 Å². The van der Waals surface area contributed by atoms with Gasteiger partial charge in [-0.3, -0.25) is 4.79 Å². The number of hydrogen-bond acceptors (Lipinski definition) is 4. The maximum absolute atomic E-state index is 13.0. The molecule has 0 saturated carbocycles. The number of methoxy groups -OCH3 is 2. The molecule has 0 atom stereocenters. The summed E-state index contributed by atoms with van der Waals surface area (Å²) < 4.78 is 15.9. The molecule has 1 heterocycles. The molecule has 1 aliphatic rings. The molecule has 150 valence electrons. The van der Waals surface area contributed by atoms with E-state index in [1.807, 2.05) is 18.2 Å². The number of carbonyl (C=O) groups excluding carboxylic acids is 1. The van der Waals surface area contributed by atoms with Gasteiger partial charge in [0.1, 0.15) is 5.75 Å². The van der Waals surface area contributed by atoms with Crippen molar-refractivity contribution < 1.29 is 19.0 Å². The fourth-order valence-corrected chi connectivity index (χ4v) is 3.75. The van der Waals surface area contributed by atoms with Crippen LogP contribution in [0.3, 0.4) is 0 Å². The van der Waals surface area contributed by atoms with Gasteiger partial charge < -0.3 is 19.5 Å². The number of hydrogen-bond donors (Lipinski definition) is 1. The van der Waals surface area contributed by atoms with E-state index in [9.17, 15) is 4.79 Å². The highest BCUT2D eigenvalue weighted by molar-refractivity contribution is 5.83. The maximum Gasteiger partial charge on any atom is 0.226 e. The van der Waals surface area contributed by atoms with Crippen LogP contribution < -0.4 is 10.1 Å². The summed E-state index contributed by atoms with van der Waals surface area (Å²) in [6.07, 6.45) is 2.16. The van der Waals surface area contributed by atoms with Crippen molar-refractivity contribution in [2.45, 2.75) is 19.3 Å². The van der Waals surface area contributed by atoms with Gasteiger partial charge in [0, 0.05) is 26.9 Å². The highest BCUT2D eigenvalue weighted by Gasteiger charge is 2.39. The third kappa shape index (κ3) is 4.91. The second kappa shape index (κ2) is 9.71. The summed E-state index contributed by atoms with van der Waals surface area (Å²) in [6, 6.07) is 16.5. The van der Waals surface area contributed by atoms with Crippen LogP contribution >= 0.6 is 0 Å². The Morgan fingerprint density at radius 2 is 1.79 bits per heavy atom. The first kappa shape index (κ1) is 20.4. The summed E-state index contributed by atoms with van der Waals surface area (Å²) >= 11 is 0. The van der Waals surface area contributed by atoms with Crippen LogP contribution in [0.4, 0.5) is 0 Å². The second-order valence-corrected chi connectivity index (χ2v) is 7.25. The lowest BCUT2D eigenvalue weighted by molar-refractivity contribution is -0.136. The Morgan fingerprint density at radius 3 is 2.50 bits per heavy atom. The quantitative estimate of drug-likeness (QED) is 0.709. The lowest BCUT2D eigenvalue weighted by atomic mass is 9.74. The number of amides is 1. The fraction of sp³-hybridized carbons (Fsp3) is 0.435. The molecular weight excluding hydrogens is 354 g/mol. The molecule has 1 fully saturated rings.